The van der Waals surface area contributed by atoms with Crippen LogP contribution in [0.2, 0.25) is 0 Å². The zero-order valence-electron chi connectivity index (χ0n) is 23.2. The molecule has 4 aromatic rings. The standard InChI is InChI=1S/C10H13N5O4.C10H14N2O5.C4H5N3O/c11-8-5-9(13-2-12-8)15(3-14-5)10-7(18)6(17)4(1-16)19-10;1-5-3-12(10(16)11-9(5)15)8-2-6(14)7(4-13)17-8;5-3-1-2-6-4(8)7-3/h2-4,6-7,10,16-18H,1H2,(H2,11,12,13);3,6-8,13-14H,2,4H2,1H3,(H,11,15,16);1-2H,(H3,5,6,7,8)/t4-,6-,7-,10-;6-,7+,8+;/m10./s1. The summed E-state index contributed by atoms with van der Waals surface area (Å²) in [7, 11) is 0. The van der Waals surface area contributed by atoms with Gasteiger partial charge in [0, 0.05) is 24.4 Å². The zero-order valence-corrected chi connectivity index (χ0v) is 23.2. The van der Waals surface area contributed by atoms with Gasteiger partial charge < -0.3 is 51.5 Å². The molecule has 0 bridgehead atoms. The fourth-order valence-electron chi connectivity index (χ4n) is 4.40. The second-order valence-electron chi connectivity index (χ2n) is 9.72. The smallest absolute Gasteiger partial charge is 0.346 e. The minimum absolute atomic E-state index is 0.205. The van der Waals surface area contributed by atoms with E-state index in [4.69, 9.17) is 31.2 Å². The molecular formula is C24H32N10O10. The number of H-pyrrole nitrogens is 2. The van der Waals surface area contributed by atoms with Crippen LogP contribution in [0, 0.1) is 6.92 Å². The van der Waals surface area contributed by atoms with Crippen molar-refractivity contribution in [3.63, 3.8) is 0 Å². The molecule has 238 valence electrons. The third kappa shape index (κ3) is 6.97. The molecule has 0 amide bonds. The molecule has 44 heavy (non-hydrogen) atoms. The number of ether oxygens (including phenoxy) is 2. The van der Waals surface area contributed by atoms with Crippen LogP contribution < -0.4 is 28.4 Å². The molecule has 6 heterocycles. The number of aromatic nitrogens is 8. The molecular weight excluding hydrogens is 588 g/mol. The van der Waals surface area contributed by atoms with Gasteiger partial charge in [-0.2, -0.15) is 4.98 Å². The van der Waals surface area contributed by atoms with Crippen LogP contribution in [0.4, 0.5) is 11.6 Å². The Balaban J connectivity index is 0.000000163. The van der Waals surface area contributed by atoms with Crippen LogP contribution in [-0.4, -0.2) is 108 Å². The molecule has 0 spiro atoms. The van der Waals surface area contributed by atoms with Crippen LogP contribution in [-0.2, 0) is 9.47 Å². The fraction of sp³-hybridized carbons (Fsp3) is 0.458. The molecule has 0 saturated carbocycles. The summed E-state index contributed by atoms with van der Waals surface area (Å²) in [6.45, 7) is 0.872. The number of nitrogens with one attached hydrogen (secondary N) is 2. The number of nitrogens with two attached hydrogens (primary N) is 2. The minimum atomic E-state index is -1.19. The van der Waals surface area contributed by atoms with E-state index in [1.165, 1.54) is 40.2 Å². The molecule has 20 nitrogen and oxygen atoms in total. The SMILES string of the molecule is Cc1cn([C@H]2C[C@H](O)[C@@H](CO)O2)c(=O)[nH]c1=O.Nc1cc[nH]c(=O)n1.Nc1ncnc2c1ncn2[C@@H]1O[C@H](CO)[C@@H](O)[C@H]1O. The van der Waals surface area contributed by atoms with Gasteiger partial charge in [-0.1, -0.05) is 0 Å². The molecule has 2 fully saturated rings. The lowest BCUT2D eigenvalue weighted by Crippen LogP contribution is -2.33. The second-order valence-corrected chi connectivity index (χ2v) is 9.72. The van der Waals surface area contributed by atoms with E-state index in [0.717, 1.165) is 0 Å². The van der Waals surface area contributed by atoms with Crippen molar-refractivity contribution in [3.05, 3.63) is 68.0 Å². The first kappa shape index (κ1) is 32.3. The van der Waals surface area contributed by atoms with Gasteiger partial charge in [-0.25, -0.2) is 24.5 Å². The Labute approximate surface area is 246 Å². The Hall–Kier alpha value is -4.57. The molecule has 2 aliphatic rings. The maximum absolute atomic E-state index is 11.6. The highest BCUT2D eigenvalue weighted by molar-refractivity contribution is 5.81. The maximum atomic E-state index is 11.6. The lowest BCUT2D eigenvalue weighted by atomic mass is 10.1. The van der Waals surface area contributed by atoms with Crippen LogP contribution >= 0.6 is 0 Å². The number of aromatic amines is 2. The molecule has 0 unspecified atom stereocenters. The van der Waals surface area contributed by atoms with Crippen LogP contribution in [0.3, 0.4) is 0 Å². The van der Waals surface area contributed by atoms with Crippen LogP contribution in [0.5, 0.6) is 0 Å². The third-order valence-electron chi connectivity index (χ3n) is 6.71. The van der Waals surface area contributed by atoms with E-state index in [1.807, 2.05) is 0 Å². The highest BCUT2D eigenvalue weighted by Crippen LogP contribution is 2.31. The first-order chi connectivity index (χ1) is 20.9. The molecule has 20 heteroatoms. The van der Waals surface area contributed by atoms with Crippen LogP contribution in [0.15, 0.2) is 45.5 Å². The molecule has 0 aliphatic carbocycles. The van der Waals surface area contributed by atoms with E-state index < -0.39 is 66.5 Å². The van der Waals surface area contributed by atoms with Crippen molar-refractivity contribution in [2.45, 2.75) is 56.3 Å². The van der Waals surface area contributed by atoms with E-state index in [9.17, 15) is 29.7 Å². The van der Waals surface area contributed by atoms with Crippen molar-refractivity contribution in [1.82, 2.24) is 39.0 Å². The first-order valence-electron chi connectivity index (χ1n) is 13.1. The lowest BCUT2D eigenvalue weighted by Gasteiger charge is -2.16. The normalized spacial score (nSPS) is 26.1. The summed E-state index contributed by atoms with van der Waals surface area (Å²) >= 11 is 0. The Kier molecular flexibility index (Phi) is 10.2. The summed E-state index contributed by atoms with van der Waals surface area (Å²) in [6, 6.07) is 1.52. The number of nitrogen functional groups attached to an aromatic ring is 2. The quantitative estimate of drug-likeness (QED) is 0.105. The van der Waals surface area contributed by atoms with E-state index >= 15 is 0 Å². The molecule has 0 aromatic carbocycles. The van der Waals surface area contributed by atoms with Crippen molar-refractivity contribution in [2.75, 3.05) is 24.7 Å². The number of hydrogen-bond acceptors (Lipinski definition) is 16. The van der Waals surface area contributed by atoms with Crippen molar-refractivity contribution in [3.8, 4) is 0 Å². The predicted molar refractivity (Wildman–Crippen MR) is 150 cm³/mol. The van der Waals surface area contributed by atoms with E-state index in [0.29, 0.717) is 16.7 Å². The number of rotatable bonds is 4. The van der Waals surface area contributed by atoms with Gasteiger partial charge in [0.2, 0.25) is 0 Å². The number of fused-ring (bicyclic) bond motifs is 1. The zero-order chi connectivity index (χ0) is 32.1. The molecule has 6 rings (SSSR count). The van der Waals surface area contributed by atoms with Gasteiger partial charge >= 0.3 is 11.4 Å². The fourth-order valence-corrected chi connectivity index (χ4v) is 4.40. The Morgan fingerprint density at radius 1 is 1.00 bits per heavy atom. The molecule has 2 aliphatic heterocycles. The topological polar surface area (TPSA) is 316 Å². The summed E-state index contributed by atoms with van der Waals surface area (Å²) in [6.07, 6.45) is -0.554. The van der Waals surface area contributed by atoms with Crippen LogP contribution in [0.25, 0.3) is 11.2 Å². The van der Waals surface area contributed by atoms with Crippen molar-refractivity contribution < 1.29 is 35.0 Å². The Bertz CT molecular complexity index is 1740. The Morgan fingerprint density at radius 3 is 2.32 bits per heavy atom. The highest BCUT2D eigenvalue weighted by Gasteiger charge is 2.44. The number of aryl methyl sites for hydroxylation is 1. The van der Waals surface area contributed by atoms with E-state index in [1.54, 1.807) is 6.92 Å². The number of imidazole rings is 1. The molecule has 0 radical (unpaired) electrons. The summed E-state index contributed by atoms with van der Waals surface area (Å²) in [5.74, 6) is 0.462. The Morgan fingerprint density at radius 2 is 1.73 bits per heavy atom. The minimum Gasteiger partial charge on any atom is -0.394 e. The summed E-state index contributed by atoms with van der Waals surface area (Å²) in [4.78, 5) is 52.7. The second kappa shape index (κ2) is 13.8. The first-order valence-corrected chi connectivity index (χ1v) is 13.1. The number of hydrogen-bond donors (Lipinski definition) is 9. The van der Waals surface area contributed by atoms with Gasteiger partial charge in [-0.05, 0) is 13.0 Å². The lowest BCUT2D eigenvalue weighted by molar-refractivity contribution is -0.0511. The van der Waals surface area contributed by atoms with E-state index in [2.05, 4.69) is 29.9 Å². The monoisotopic (exact) mass is 620 g/mol. The number of nitrogens with zero attached hydrogens (tertiary/aromatic N) is 6. The molecule has 4 aromatic heterocycles. The van der Waals surface area contributed by atoms with Gasteiger partial charge in [-0.15, -0.1) is 0 Å². The number of anilines is 2. The van der Waals surface area contributed by atoms with Crippen molar-refractivity contribution in [2.24, 2.45) is 0 Å². The molecule has 2 saturated heterocycles. The number of aliphatic hydroxyl groups is 5. The van der Waals surface area contributed by atoms with Crippen molar-refractivity contribution >= 4 is 22.8 Å². The van der Waals surface area contributed by atoms with Crippen LogP contribution in [0.1, 0.15) is 24.4 Å². The average molecular weight is 621 g/mol. The average Bonchev–Trinajstić information content (AvgIpc) is 3.67. The largest absolute Gasteiger partial charge is 0.394 e. The van der Waals surface area contributed by atoms with Gasteiger partial charge in [0.25, 0.3) is 5.56 Å². The maximum Gasteiger partial charge on any atom is 0.346 e. The van der Waals surface area contributed by atoms with Gasteiger partial charge in [0.15, 0.2) is 17.7 Å². The summed E-state index contributed by atoms with van der Waals surface area (Å²) < 4.78 is 13.4. The van der Waals surface area contributed by atoms with E-state index in [-0.39, 0.29) is 24.7 Å². The molecule has 7 atom stereocenters. The number of aliphatic hydroxyl groups excluding tert-OH is 5. The summed E-state index contributed by atoms with van der Waals surface area (Å²) in [5, 5.41) is 47.2. The van der Waals surface area contributed by atoms with Crippen molar-refractivity contribution in [1.29, 1.82) is 0 Å². The van der Waals surface area contributed by atoms with Gasteiger partial charge in [0.05, 0.1) is 25.6 Å². The predicted octanol–water partition coefficient (Wildman–Crippen LogP) is -4.14. The highest BCUT2D eigenvalue weighted by atomic mass is 16.6. The van der Waals surface area contributed by atoms with Gasteiger partial charge in [-0.3, -0.25) is 18.9 Å². The van der Waals surface area contributed by atoms with Gasteiger partial charge in [0.1, 0.15) is 48.3 Å². The molecule has 11 N–H and O–H groups in total. The summed E-state index contributed by atoms with van der Waals surface area (Å²) in [5.41, 5.74) is 10.5. The third-order valence-corrected chi connectivity index (χ3v) is 6.71.